The van der Waals surface area contributed by atoms with Crippen molar-refractivity contribution in [2.24, 2.45) is 11.3 Å². The van der Waals surface area contributed by atoms with Crippen molar-refractivity contribution in [3.63, 3.8) is 0 Å². The highest BCUT2D eigenvalue weighted by molar-refractivity contribution is 6.06. The van der Waals surface area contributed by atoms with Crippen molar-refractivity contribution in [3.8, 4) is 0 Å². The van der Waals surface area contributed by atoms with Crippen molar-refractivity contribution in [1.29, 1.82) is 0 Å². The van der Waals surface area contributed by atoms with Gasteiger partial charge in [-0.15, -0.1) is 0 Å². The highest BCUT2D eigenvalue weighted by Gasteiger charge is 2.34. The third-order valence-electron chi connectivity index (χ3n) is 5.74. The second-order valence-corrected chi connectivity index (χ2v) is 9.39. The molecule has 32 heavy (non-hydrogen) atoms. The number of aliphatic hydroxyl groups excluding tert-OH is 1. The van der Waals surface area contributed by atoms with Gasteiger partial charge in [-0.2, -0.15) is 5.10 Å². The fourth-order valence-electron chi connectivity index (χ4n) is 3.90. The smallest absolute Gasteiger partial charge is 0.273 e. The Morgan fingerprint density at radius 3 is 2.69 bits per heavy atom. The molecule has 176 valence electrons. The molecule has 3 rings (SSSR count). The SMILES string of the molecule is CC(C)(C)C(NC(=O)c1nn(CC2CCOCC2)c2ccc(F)cc12)C(=O)NCCCO. The van der Waals surface area contributed by atoms with Crippen molar-refractivity contribution < 1.29 is 23.8 Å². The van der Waals surface area contributed by atoms with Gasteiger partial charge in [-0.3, -0.25) is 14.3 Å². The Balaban J connectivity index is 1.86. The second-order valence-electron chi connectivity index (χ2n) is 9.39. The number of fused-ring (bicyclic) bond motifs is 1. The van der Waals surface area contributed by atoms with Crippen LogP contribution >= 0.6 is 0 Å². The van der Waals surface area contributed by atoms with Gasteiger partial charge >= 0.3 is 0 Å². The number of carbonyl (C=O) groups is 2. The van der Waals surface area contributed by atoms with Crippen LogP contribution in [-0.4, -0.2) is 59.1 Å². The fourth-order valence-corrected chi connectivity index (χ4v) is 3.90. The topological polar surface area (TPSA) is 105 Å². The Bertz CT molecular complexity index is 947. The third kappa shape index (κ3) is 5.83. The minimum atomic E-state index is -0.821. The molecule has 9 heteroatoms. The van der Waals surface area contributed by atoms with Crippen LogP contribution < -0.4 is 10.6 Å². The number of hydrogen-bond acceptors (Lipinski definition) is 5. The number of aliphatic hydroxyl groups is 1. The zero-order valence-corrected chi connectivity index (χ0v) is 19.0. The number of nitrogens with one attached hydrogen (secondary N) is 2. The van der Waals surface area contributed by atoms with E-state index < -0.39 is 23.2 Å². The summed E-state index contributed by atoms with van der Waals surface area (Å²) in [5.41, 5.74) is 0.219. The zero-order valence-electron chi connectivity index (χ0n) is 19.0. The van der Waals surface area contributed by atoms with Crippen molar-refractivity contribution in [2.75, 3.05) is 26.4 Å². The van der Waals surface area contributed by atoms with Gasteiger partial charge in [0.05, 0.1) is 5.52 Å². The van der Waals surface area contributed by atoms with Crippen LogP contribution in [0.1, 0.15) is 50.5 Å². The molecular formula is C23H33FN4O4. The molecule has 0 spiro atoms. The molecule has 0 bridgehead atoms. The van der Waals surface area contributed by atoms with E-state index in [2.05, 4.69) is 15.7 Å². The van der Waals surface area contributed by atoms with E-state index in [0.29, 0.717) is 49.5 Å². The van der Waals surface area contributed by atoms with Crippen molar-refractivity contribution >= 4 is 22.7 Å². The van der Waals surface area contributed by atoms with Gasteiger partial charge < -0.3 is 20.5 Å². The van der Waals surface area contributed by atoms with Crippen LogP contribution in [-0.2, 0) is 16.1 Å². The predicted octanol–water partition coefficient (Wildman–Crippen LogP) is 2.25. The third-order valence-corrected chi connectivity index (χ3v) is 5.74. The molecule has 1 aliphatic heterocycles. The van der Waals surface area contributed by atoms with Crippen molar-refractivity contribution in [3.05, 3.63) is 29.7 Å². The lowest BCUT2D eigenvalue weighted by molar-refractivity contribution is -0.125. The van der Waals surface area contributed by atoms with E-state index in [1.54, 1.807) is 10.7 Å². The van der Waals surface area contributed by atoms with Crippen LogP contribution in [0.15, 0.2) is 18.2 Å². The maximum Gasteiger partial charge on any atom is 0.273 e. The quantitative estimate of drug-likeness (QED) is 0.537. The first kappa shape index (κ1) is 24.1. The van der Waals surface area contributed by atoms with Crippen LogP contribution in [0.25, 0.3) is 10.9 Å². The Morgan fingerprint density at radius 1 is 1.31 bits per heavy atom. The highest BCUT2D eigenvalue weighted by atomic mass is 19.1. The maximum atomic E-state index is 14.0. The van der Waals surface area contributed by atoms with Gasteiger partial charge in [0.25, 0.3) is 5.91 Å². The molecule has 1 aromatic heterocycles. The molecule has 8 nitrogen and oxygen atoms in total. The molecular weight excluding hydrogens is 415 g/mol. The monoisotopic (exact) mass is 448 g/mol. The first-order valence-corrected chi connectivity index (χ1v) is 11.1. The molecule has 2 aromatic rings. The summed E-state index contributed by atoms with van der Waals surface area (Å²) in [6, 6.07) is 3.48. The number of carbonyl (C=O) groups excluding carboxylic acids is 2. The van der Waals surface area contributed by atoms with Crippen LogP contribution in [0, 0.1) is 17.2 Å². The van der Waals surface area contributed by atoms with Gasteiger partial charge in [-0.1, -0.05) is 20.8 Å². The minimum Gasteiger partial charge on any atom is -0.396 e. The highest BCUT2D eigenvalue weighted by Crippen LogP contribution is 2.25. The average Bonchev–Trinajstić information content (AvgIpc) is 3.09. The van der Waals surface area contributed by atoms with Crippen LogP contribution in [0.3, 0.4) is 0 Å². The fraction of sp³-hybridized carbons (Fsp3) is 0.609. The van der Waals surface area contributed by atoms with E-state index in [4.69, 9.17) is 9.84 Å². The lowest BCUT2D eigenvalue weighted by Crippen LogP contribution is -2.53. The summed E-state index contributed by atoms with van der Waals surface area (Å²) in [6.07, 6.45) is 2.24. The molecule has 1 saturated heterocycles. The summed E-state index contributed by atoms with van der Waals surface area (Å²) in [6.45, 7) is 7.85. The number of rotatable bonds is 8. The summed E-state index contributed by atoms with van der Waals surface area (Å²) in [5.74, 6) is -0.946. The summed E-state index contributed by atoms with van der Waals surface area (Å²) >= 11 is 0. The second kappa shape index (κ2) is 10.4. The van der Waals surface area contributed by atoms with E-state index in [1.165, 1.54) is 12.1 Å². The summed E-state index contributed by atoms with van der Waals surface area (Å²) in [7, 11) is 0. The standard InChI is InChI=1S/C23H33FN4O4/c1-23(2,3)20(22(31)25-9-4-10-29)26-21(30)19-17-13-16(24)5-6-18(17)28(27-19)14-15-7-11-32-12-8-15/h5-6,13,15,20,29H,4,7-12,14H2,1-3H3,(H,25,31)(H,26,30). The molecule has 1 fully saturated rings. The van der Waals surface area contributed by atoms with E-state index in [9.17, 15) is 14.0 Å². The molecule has 1 unspecified atom stereocenters. The number of hydrogen-bond donors (Lipinski definition) is 3. The molecule has 2 amide bonds. The van der Waals surface area contributed by atoms with E-state index in [1.807, 2.05) is 20.8 Å². The predicted molar refractivity (Wildman–Crippen MR) is 119 cm³/mol. The van der Waals surface area contributed by atoms with E-state index in [-0.39, 0.29) is 18.2 Å². The van der Waals surface area contributed by atoms with Gasteiger partial charge in [-0.25, -0.2) is 4.39 Å². The van der Waals surface area contributed by atoms with Gasteiger partial charge in [0.2, 0.25) is 5.91 Å². The van der Waals surface area contributed by atoms with Gasteiger partial charge in [0.1, 0.15) is 11.9 Å². The van der Waals surface area contributed by atoms with Crippen LogP contribution in [0.2, 0.25) is 0 Å². The number of nitrogens with zero attached hydrogens (tertiary/aromatic N) is 2. The van der Waals surface area contributed by atoms with E-state index in [0.717, 1.165) is 12.8 Å². The maximum absolute atomic E-state index is 14.0. The molecule has 3 N–H and O–H groups in total. The van der Waals surface area contributed by atoms with Crippen molar-refractivity contribution in [2.45, 2.75) is 52.6 Å². The first-order valence-electron chi connectivity index (χ1n) is 11.1. The number of halogens is 1. The summed E-state index contributed by atoms with van der Waals surface area (Å²) in [4.78, 5) is 25.9. The van der Waals surface area contributed by atoms with Crippen molar-refractivity contribution in [1.82, 2.24) is 20.4 Å². The largest absolute Gasteiger partial charge is 0.396 e. The Kier molecular flexibility index (Phi) is 7.84. The number of ether oxygens (including phenoxy) is 1. The van der Waals surface area contributed by atoms with Crippen LogP contribution in [0.5, 0.6) is 0 Å². The normalized spacial score (nSPS) is 16.2. The summed E-state index contributed by atoms with van der Waals surface area (Å²) < 4.78 is 21.2. The van der Waals surface area contributed by atoms with Gasteiger partial charge in [0, 0.05) is 38.3 Å². The summed E-state index contributed by atoms with van der Waals surface area (Å²) in [5, 5.41) is 19.4. The minimum absolute atomic E-state index is 0.0328. The number of amides is 2. The molecule has 2 heterocycles. The average molecular weight is 449 g/mol. The molecule has 1 aromatic carbocycles. The number of benzene rings is 1. The van der Waals surface area contributed by atoms with Gasteiger partial charge in [-0.05, 0) is 48.8 Å². The zero-order chi connectivity index (χ0) is 23.3. The molecule has 0 radical (unpaired) electrons. The van der Waals surface area contributed by atoms with Crippen LogP contribution in [0.4, 0.5) is 4.39 Å². The van der Waals surface area contributed by atoms with E-state index >= 15 is 0 Å². The Hall–Kier alpha value is -2.52. The molecule has 1 aliphatic rings. The molecule has 0 aliphatic carbocycles. The molecule has 1 atom stereocenters. The Labute approximate surface area is 187 Å². The Morgan fingerprint density at radius 2 is 2.03 bits per heavy atom. The lowest BCUT2D eigenvalue weighted by Gasteiger charge is -2.30. The molecule has 0 saturated carbocycles. The number of aromatic nitrogens is 2. The first-order chi connectivity index (χ1) is 15.2. The van der Waals surface area contributed by atoms with Gasteiger partial charge in [0.15, 0.2) is 5.69 Å². The lowest BCUT2D eigenvalue weighted by atomic mass is 9.86.